The Morgan fingerprint density at radius 2 is 1.81 bits per heavy atom. The van der Waals surface area contributed by atoms with Crippen LogP contribution >= 0.6 is 0 Å². The molecule has 0 spiro atoms. The van der Waals surface area contributed by atoms with Crippen LogP contribution in [0.3, 0.4) is 0 Å². The molecule has 1 aromatic heterocycles. The molecular formula is C18H19N3O5. The first kappa shape index (κ1) is 19.0. The molecule has 0 radical (unpaired) electrons. The molecule has 0 aliphatic heterocycles. The van der Waals surface area contributed by atoms with Crippen LogP contribution in [-0.2, 0) is 11.3 Å². The number of amides is 1. The minimum Gasteiger partial charge on any atom is -0.326 e. The van der Waals surface area contributed by atoms with Gasteiger partial charge in [-0.05, 0) is 30.2 Å². The van der Waals surface area contributed by atoms with Gasteiger partial charge in [0.2, 0.25) is 5.91 Å². The van der Waals surface area contributed by atoms with Crippen molar-refractivity contribution in [1.82, 2.24) is 4.57 Å². The van der Waals surface area contributed by atoms with Crippen molar-refractivity contribution in [2.45, 2.75) is 26.8 Å². The average Bonchev–Trinajstić information content (AvgIpc) is 2.56. The molecule has 1 N–H and O–H groups in total. The summed E-state index contributed by atoms with van der Waals surface area (Å²) in [5, 5.41) is 13.5. The first-order chi connectivity index (χ1) is 12.3. The Kier molecular flexibility index (Phi) is 6.00. The molecule has 1 heterocycles. The lowest BCUT2D eigenvalue weighted by Gasteiger charge is -2.08. The molecule has 0 saturated heterocycles. The van der Waals surface area contributed by atoms with Crippen LogP contribution < -0.4 is 10.9 Å². The van der Waals surface area contributed by atoms with Crippen molar-refractivity contribution in [3.05, 3.63) is 68.6 Å². The number of rotatable bonds is 7. The number of hydrogen-bond donors (Lipinski definition) is 1. The highest BCUT2D eigenvalue weighted by Gasteiger charge is 2.12. The lowest BCUT2D eigenvalue weighted by Crippen LogP contribution is -2.23. The van der Waals surface area contributed by atoms with E-state index in [-0.39, 0.29) is 29.8 Å². The summed E-state index contributed by atoms with van der Waals surface area (Å²) >= 11 is 0. The van der Waals surface area contributed by atoms with Crippen LogP contribution in [0.2, 0.25) is 0 Å². The van der Waals surface area contributed by atoms with E-state index in [2.05, 4.69) is 5.32 Å². The van der Waals surface area contributed by atoms with Crippen molar-refractivity contribution in [3.63, 3.8) is 0 Å². The minimum atomic E-state index is -0.630. The summed E-state index contributed by atoms with van der Waals surface area (Å²) in [4.78, 5) is 46.0. The lowest BCUT2D eigenvalue weighted by atomic mass is 10.1. The molecule has 0 aliphatic rings. The van der Waals surface area contributed by atoms with Crippen LogP contribution in [0.5, 0.6) is 0 Å². The van der Waals surface area contributed by atoms with E-state index >= 15 is 0 Å². The monoisotopic (exact) mass is 357 g/mol. The van der Waals surface area contributed by atoms with E-state index in [1.54, 1.807) is 12.1 Å². The predicted molar refractivity (Wildman–Crippen MR) is 96.2 cm³/mol. The van der Waals surface area contributed by atoms with Crippen molar-refractivity contribution in [2.75, 3.05) is 5.32 Å². The van der Waals surface area contributed by atoms with E-state index in [1.807, 2.05) is 13.8 Å². The molecule has 8 nitrogen and oxygen atoms in total. The first-order valence-electron chi connectivity index (χ1n) is 8.04. The van der Waals surface area contributed by atoms with Crippen LogP contribution in [0.25, 0.3) is 0 Å². The van der Waals surface area contributed by atoms with Crippen molar-refractivity contribution in [2.24, 2.45) is 5.92 Å². The molecule has 0 aliphatic carbocycles. The topological polar surface area (TPSA) is 111 Å². The van der Waals surface area contributed by atoms with Gasteiger partial charge in [0.15, 0.2) is 5.78 Å². The van der Waals surface area contributed by atoms with E-state index in [0.29, 0.717) is 17.7 Å². The van der Waals surface area contributed by atoms with Gasteiger partial charge in [0, 0.05) is 29.8 Å². The number of Topliss-reactive ketones (excluding diaryl/α,β-unsaturated/α-hetero) is 1. The van der Waals surface area contributed by atoms with Gasteiger partial charge in [0.05, 0.1) is 17.7 Å². The number of carbonyl (C=O) groups excluding carboxylic acids is 2. The predicted octanol–water partition coefficient (Wildman–Crippen LogP) is 2.62. The van der Waals surface area contributed by atoms with E-state index < -0.39 is 10.5 Å². The van der Waals surface area contributed by atoms with Crippen LogP contribution in [0, 0.1) is 16.0 Å². The van der Waals surface area contributed by atoms with Gasteiger partial charge in [-0.3, -0.25) is 24.5 Å². The number of nitrogens with one attached hydrogen (secondary N) is 1. The van der Waals surface area contributed by atoms with Gasteiger partial charge in [-0.2, -0.15) is 0 Å². The minimum absolute atomic E-state index is 0.109. The maximum Gasteiger partial charge on any atom is 0.285 e. The Balaban J connectivity index is 2.09. The van der Waals surface area contributed by atoms with Gasteiger partial charge in [-0.15, -0.1) is 0 Å². The summed E-state index contributed by atoms with van der Waals surface area (Å²) in [7, 11) is 0. The van der Waals surface area contributed by atoms with E-state index in [1.165, 1.54) is 12.1 Å². The molecule has 26 heavy (non-hydrogen) atoms. The van der Waals surface area contributed by atoms with E-state index in [9.17, 15) is 24.5 Å². The van der Waals surface area contributed by atoms with Gasteiger partial charge >= 0.3 is 0 Å². The standard InChI is InChI=1S/C18H19N3O5/c1-12(2)9-17(23)19-14-5-3-13(4-6-14)16(22)11-20-10-15(21(25)26)7-8-18(20)24/h3-8,10,12H,9,11H2,1-2H3,(H,19,23). The summed E-state index contributed by atoms with van der Waals surface area (Å²) in [5.74, 6) is -0.237. The molecule has 0 atom stereocenters. The number of anilines is 1. The maximum absolute atomic E-state index is 12.3. The molecule has 1 amide bonds. The van der Waals surface area contributed by atoms with Gasteiger partial charge in [0.25, 0.3) is 11.2 Å². The first-order valence-corrected chi connectivity index (χ1v) is 8.04. The largest absolute Gasteiger partial charge is 0.326 e. The molecule has 2 aromatic rings. The van der Waals surface area contributed by atoms with Crippen molar-refractivity contribution >= 4 is 23.1 Å². The smallest absolute Gasteiger partial charge is 0.285 e. The zero-order valence-electron chi connectivity index (χ0n) is 14.5. The molecule has 0 saturated carbocycles. The number of benzene rings is 1. The molecular weight excluding hydrogens is 338 g/mol. The van der Waals surface area contributed by atoms with Crippen LogP contribution in [0.15, 0.2) is 47.4 Å². The summed E-state index contributed by atoms with van der Waals surface area (Å²) in [6, 6.07) is 8.42. The highest BCUT2D eigenvalue weighted by molar-refractivity contribution is 5.97. The fourth-order valence-electron chi connectivity index (χ4n) is 2.32. The van der Waals surface area contributed by atoms with Gasteiger partial charge in [-0.25, -0.2) is 0 Å². The third kappa shape index (κ3) is 5.10. The number of aromatic nitrogens is 1. The molecule has 1 aromatic carbocycles. The Bertz CT molecular complexity index is 884. The summed E-state index contributed by atoms with van der Waals surface area (Å²) in [6.07, 6.45) is 1.44. The quantitative estimate of drug-likeness (QED) is 0.465. The molecule has 0 bridgehead atoms. The van der Waals surface area contributed by atoms with Crippen molar-refractivity contribution in [3.8, 4) is 0 Å². The van der Waals surface area contributed by atoms with Crippen LogP contribution in [-0.4, -0.2) is 21.2 Å². The normalized spacial score (nSPS) is 10.6. The second kappa shape index (κ2) is 8.19. The van der Waals surface area contributed by atoms with Gasteiger partial charge in [0.1, 0.15) is 0 Å². The third-order valence-electron chi connectivity index (χ3n) is 3.58. The highest BCUT2D eigenvalue weighted by Crippen LogP contribution is 2.13. The molecule has 2 rings (SSSR count). The molecule has 0 fully saturated rings. The zero-order chi connectivity index (χ0) is 19.3. The number of nitro groups is 1. The summed E-state index contributed by atoms with van der Waals surface area (Å²) in [6.45, 7) is 3.58. The third-order valence-corrected chi connectivity index (χ3v) is 3.58. The van der Waals surface area contributed by atoms with E-state index in [0.717, 1.165) is 22.9 Å². The molecule has 8 heteroatoms. The molecule has 136 valence electrons. The second-order valence-electron chi connectivity index (χ2n) is 6.26. The Morgan fingerprint density at radius 1 is 1.15 bits per heavy atom. The Morgan fingerprint density at radius 3 is 2.38 bits per heavy atom. The van der Waals surface area contributed by atoms with Crippen molar-refractivity contribution < 1.29 is 14.5 Å². The van der Waals surface area contributed by atoms with Gasteiger partial charge in [-0.1, -0.05) is 13.8 Å². The molecule has 0 unspecified atom stereocenters. The summed E-state index contributed by atoms with van der Waals surface area (Å²) < 4.78 is 0.999. The number of hydrogen-bond acceptors (Lipinski definition) is 5. The second-order valence-corrected chi connectivity index (χ2v) is 6.26. The van der Waals surface area contributed by atoms with Crippen LogP contribution in [0.4, 0.5) is 11.4 Å². The highest BCUT2D eigenvalue weighted by atomic mass is 16.6. The SMILES string of the molecule is CC(C)CC(=O)Nc1ccc(C(=O)Cn2cc([N+](=O)[O-])ccc2=O)cc1. The van der Waals surface area contributed by atoms with Crippen molar-refractivity contribution in [1.29, 1.82) is 0 Å². The number of carbonyl (C=O) groups is 2. The maximum atomic E-state index is 12.3. The van der Waals surface area contributed by atoms with Crippen LogP contribution in [0.1, 0.15) is 30.6 Å². The fourth-order valence-corrected chi connectivity index (χ4v) is 2.32. The van der Waals surface area contributed by atoms with Gasteiger partial charge < -0.3 is 9.88 Å². The lowest BCUT2D eigenvalue weighted by molar-refractivity contribution is -0.385. The van der Waals surface area contributed by atoms with E-state index in [4.69, 9.17) is 0 Å². The Labute approximate surface area is 149 Å². The average molecular weight is 357 g/mol. The zero-order valence-corrected chi connectivity index (χ0v) is 14.5. The Hall–Kier alpha value is -3.29. The number of nitrogens with zero attached hydrogens (tertiary/aromatic N) is 2. The fraction of sp³-hybridized carbons (Fsp3) is 0.278. The number of ketones is 1. The summed E-state index contributed by atoms with van der Waals surface area (Å²) in [5.41, 5.74) is 0.145. The number of pyridine rings is 1.